The van der Waals surface area contributed by atoms with E-state index in [2.05, 4.69) is 47.1 Å². The van der Waals surface area contributed by atoms with Crippen LogP contribution in [-0.4, -0.2) is 40.4 Å². The van der Waals surface area contributed by atoms with Gasteiger partial charge in [-0.2, -0.15) is 0 Å². The predicted molar refractivity (Wildman–Crippen MR) is 154 cm³/mol. The highest BCUT2D eigenvalue weighted by atomic mass is 79.9. The highest BCUT2D eigenvalue weighted by molar-refractivity contribution is 9.10. The maximum absolute atomic E-state index is 13.6. The third-order valence-electron chi connectivity index (χ3n) is 7.42. The number of rotatable bonds is 10. The fourth-order valence-electron chi connectivity index (χ4n) is 5.28. The Hall–Kier alpha value is -2.67. The number of carbonyl (C=O) groups is 2. The van der Waals surface area contributed by atoms with E-state index in [0.29, 0.717) is 18.9 Å². The lowest BCUT2D eigenvalue weighted by Crippen LogP contribution is -2.43. The molecule has 7 heteroatoms. The van der Waals surface area contributed by atoms with Crippen molar-refractivity contribution in [3.8, 4) is 16.9 Å². The first-order valence-electron chi connectivity index (χ1n) is 13.8. The van der Waals surface area contributed by atoms with Gasteiger partial charge in [0.25, 0.3) is 5.91 Å². The number of amides is 1. The first-order chi connectivity index (χ1) is 18.2. The summed E-state index contributed by atoms with van der Waals surface area (Å²) in [5.41, 5.74) is 1.42. The Morgan fingerprint density at radius 3 is 2.45 bits per heavy atom. The number of hydrogen-bond acceptors (Lipinski definition) is 5. The van der Waals surface area contributed by atoms with E-state index in [1.165, 1.54) is 6.42 Å². The van der Waals surface area contributed by atoms with E-state index in [1.807, 2.05) is 23.1 Å². The number of esters is 1. The minimum atomic E-state index is -1.10. The summed E-state index contributed by atoms with van der Waals surface area (Å²) < 4.78 is 12.1. The Morgan fingerprint density at radius 2 is 1.79 bits per heavy atom. The molecule has 0 atom stereocenters. The summed E-state index contributed by atoms with van der Waals surface area (Å²) in [6.07, 6.45) is 8.06. The van der Waals surface area contributed by atoms with Crippen molar-refractivity contribution in [3.63, 3.8) is 0 Å². The highest BCUT2D eigenvalue weighted by Gasteiger charge is 2.48. The van der Waals surface area contributed by atoms with Crippen LogP contribution in [0.2, 0.25) is 0 Å². The Morgan fingerprint density at radius 1 is 1.08 bits per heavy atom. The van der Waals surface area contributed by atoms with Gasteiger partial charge in [-0.05, 0) is 74.9 Å². The van der Waals surface area contributed by atoms with Gasteiger partial charge in [0.1, 0.15) is 17.1 Å². The standard InChI is InChI=1S/C31H39BrN2O4/c1-5-7-11-27-33-31(18-9-8-10-19-31)28(35)34(27)21-22-12-14-23(15-13-22)25-20-24(16-17-26(25)32)38-30(3,4)29(36)37-6-2/h12-17,20H,5-11,18-19,21H2,1-4H3. The number of aliphatic imine (C=N–C) groups is 1. The number of hydrogen-bond donors (Lipinski definition) is 0. The topological polar surface area (TPSA) is 68.2 Å². The van der Waals surface area contributed by atoms with Gasteiger partial charge in [-0.25, -0.2) is 4.79 Å². The van der Waals surface area contributed by atoms with Gasteiger partial charge < -0.3 is 9.47 Å². The van der Waals surface area contributed by atoms with Crippen LogP contribution in [-0.2, 0) is 20.9 Å². The zero-order chi connectivity index (χ0) is 27.3. The number of nitrogens with zero attached hydrogens (tertiary/aromatic N) is 2. The van der Waals surface area contributed by atoms with Crippen LogP contribution in [0.3, 0.4) is 0 Å². The van der Waals surface area contributed by atoms with Crippen LogP contribution in [0.15, 0.2) is 51.9 Å². The lowest BCUT2D eigenvalue weighted by atomic mass is 9.82. The Labute approximate surface area is 234 Å². The number of carbonyl (C=O) groups excluding carboxylic acids is 2. The molecule has 1 aliphatic heterocycles. The van der Waals surface area contributed by atoms with Crippen molar-refractivity contribution in [1.82, 2.24) is 4.90 Å². The van der Waals surface area contributed by atoms with Gasteiger partial charge in [-0.1, -0.05) is 72.8 Å². The van der Waals surface area contributed by atoms with Gasteiger partial charge in [-0.15, -0.1) is 0 Å². The molecule has 1 aliphatic carbocycles. The van der Waals surface area contributed by atoms with Crippen molar-refractivity contribution >= 4 is 33.6 Å². The van der Waals surface area contributed by atoms with Crippen molar-refractivity contribution in [3.05, 3.63) is 52.5 Å². The van der Waals surface area contributed by atoms with E-state index >= 15 is 0 Å². The summed E-state index contributed by atoms with van der Waals surface area (Å²) in [5, 5.41) is 0. The van der Waals surface area contributed by atoms with Crippen LogP contribution >= 0.6 is 15.9 Å². The van der Waals surface area contributed by atoms with Crippen LogP contribution in [0.25, 0.3) is 11.1 Å². The summed E-state index contributed by atoms with van der Waals surface area (Å²) >= 11 is 3.65. The molecule has 0 radical (unpaired) electrons. The Kier molecular flexibility index (Phi) is 8.96. The summed E-state index contributed by atoms with van der Waals surface area (Å²) in [6.45, 7) is 8.21. The van der Waals surface area contributed by atoms with Gasteiger partial charge in [0.15, 0.2) is 5.60 Å². The fraction of sp³-hybridized carbons (Fsp3) is 0.516. The second-order valence-electron chi connectivity index (χ2n) is 10.8. The maximum Gasteiger partial charge on any atom is 0.349 e. The van der Waals surface area contributed by atoms with E-state index in [9.17, 15) is 9.59 Å². The molecule has 0 bridgehead atoms. The van der Waals surface area contributed by atoms with E-state index in [-0.39, 0.29) is 5.91 Å². The Bertz CT molecular complexity index is 1180. The molecule has 1 spiro atoms. The minimum Gasteiger partial charge on any atom is -0.476 e. The van der Waals surface area contributed by atoms with Crippen LogP contribution in [0, 0.1) is 0 Å². The summed E-state index contributed by atoms with van der Waals surface area (Å²) in [6, 6.07) is 14.0. The van der Waals surface area contributed by atoms with Gasteiger partial charge >= 0.3 is 5.97 Å². The van der Waals surface area contributed by atoms with E-state index < -0.39 is 17.1 Å². The van der Waals surface area contributed by atoms with Gasteiger partial charge in [-0.3, -0.25) is 14.7 Å². The fourth-order valence-corrected chi connectivity index (χ4v) is 5.75. The van der Waals surface area contributed by atoms with Crippen molar-refractivity contribution in [2.45, 2.75) is 96.7 Å². The number of amidine groups is 1. The molecule has 2 aliphatic rings. The molecule has 0 unspecified atom stereocenters. The van der Waals surface area contributed by atoms with Gasteiger partial charge in [0.2, 0.25) is 0 Å². The molecule has 38 heavy (non-hydrogen) atoms. The van der Waals surface area contributed by atoms with Crippen molar-refractivity contribution < 1.29 is 19.1 Å². The van der Waals surface area contributed by atoms with E-state index in [0.717, 1.165) is 71.9 Å². The van der Waals surface area contributed by atoms with Crippen molar-refractivity contribution in [1.29, 1.82) is 0 Å². The molecular formula is C31H39BrN2O4. The maximum atomic E-state index is 13.6. The molecule has 1 fully saturated rings. The predicted octanol–water partition coefficient (Wildman–Crippen LogP) is 7.47. The molecule has 1 saturated carbocycles. The molecule has 0 saturated heterocycles. The monoisotopic (exact) mass is 582 g/mol. The number of ether oxygens (including phenoxy) is 2. The smallest absolute Gasteiger partial charge is 0.349 e. The van der Waals surface area contributed by atoms with Crippen LogP contribution < -0.4 is 4.74 Å². The largest absolute Gasteiger partial charge is 0.476 e. The highest BCUT2D eigenvalue weighted by Crippen LogP contribution is 2.39. The first-order valence-corrected chi connectivity index (χ1v) is 14.6. The molecule has 0 N–H and O–H groups in total. The van der Waals surface area contributed by atoms with E-state index in [1.54, 1.807) is 20.8 Å². The molecule has 4 rings (SSSR count). The minimum absolute atomic E-state index is 0.184. The van der Waals surface area contributed by atoms with Crippen LogP contribution in [0.5, 0.6) is 5.75 Å². The summed E-state index contributed by atoms with van der Waals surface area (Å²) in [7, 11) is 0. The molecule has 2 aromatic carbocycles. The number of halogens is 1. The summed E-state index contributed by atoms with van der Waals surface area (Å²) in [4.78, 5) is 32.9. The second-order valence-corrected chi connectivity index (χ2v) is 11.6. The molecule has 6 nitrogen and oxygen atoms in total. The molecule has 2 aromatic rings. The third-order valence-corrected chi connectivity index (χ3v) is 8.11. The zero-order valence-corrected chi connectivity index (χ0v) is 24.6. The number of unbranched alkanes of at least 4 members (excludes halogenated alkanes) is 1. The van der Waals surface area contributed by atoms with Crippen LogP contribution in [0.4, 0.5) is 0 Å². The average Bonchev–Trinajstić information content (AvgIpc) is 3.14. The van der Waals surface area contributed by atoms with Gasteiger partial charge in [0, 0.05) is 10.9 Å². The SMILES string of the molecule is CCCCC1=NC2(CCCCC2)C(=O)N1Cc1ccc(-c2cc(OC(C)(C)C(=O)OCC)ccc2Br)cc1. The van der Waals surface area contributed by atoms with Crippen LogP contribution in [0.1, 0.15) is 84.6 Å². The van der Waals surface area contributed by atoms with Crippen molar-refractivity contribution in [2.24, 2.45) is 4.99 Å². The average molecular weight is 584 g/mol. The molecular weight excluding hydrogens is 544 g/mol. The third kappa shape index (κ3) is 6.14. The summed E-state index contributed by atoms with van der Waals surface area (Å²) in [5.74, 6) is 1.33. The lowest BCUT2D eigenvalue weighted by molar-refractivity contribution is -0.158. The first kappa shape index (κ1) is 28.3. The second kappa shape index (κ2) is 12.0. The molecule has 1 amide bonds. The van der Waals surface area contributed by atoms with Gasteiger partial charge in [0.05, 0.1) is 13.2 Å². The lowest BCUT2D eigenvalue weighted by Gasteiger charge is -2.29. The Balaban J connectivity index is 1.52. The van der Waals surface area contributed by atoms with E-state index in [4.69, 9.17) is 14.5 Å². The zero-order valence-electron chi connectivity index (χ0n) is 23.0. The van der Waals surface area contributed by atoms with Crippen molar-refractivity contribution in [2.75, 3.05) is 6.61 Å². The molecule has 0 aromatic heterocycles. The molecule has 204 valence electrons. The number of benzene rings is 2. The normalized spacial score (nSPS) is 17.0. The quantitative estimate of drug-likeness (QED) is 0.272. The molecule has 1 heterocycles.